The lowest BCUT2D eigenvalue weighted by Gasteiger charge is -2.14. The third-order valence-electron chi connectivity index (χ3n) is 2.39. The molecule has 0 radical (unpaired) electrons. The first-order valence-electron chi connectivity index (χ1n) is 6.12. The van der Waals surface area contributed by atoms with Gasteiger partial charge in [0, 0.05) is 6.54 Å². The molecule has 0 saturated heterocycles. The van der Waals surface area contributed by atoms with Crippen molar-refractivity contribution in [3.63, 3.8) is 0 Å². The number of carbonyl (C=O) groups excluding carboxylic acids is 1. The number of sulfonamides is 1. The van der Waals surface area contributed by atoms with Crippen LogP contribution >= 0.6 is 11.3 Å². The van der Waals surface area contributed by atoms with Gasteiger partial charge in [-0.25, -0.2) is 18.2 Å². The minimum absolute atomic E-state index is 0.234. The van der Waals surface area contributed by atoms with E-state index in [0.29, 0.717) is 17.9 Å². The molecule has 10 heteroatoms. The maximum absolute atomic E-state index is 12.1. The zero-order valence-electron chi connectivity index (χ0n) is 11.8. The normalized spacial score (nSPS) is 13.1. The second kappa shape index (κ2) is 6.96. The number of nitrogens with zero attached hydrogens (tertiary/aromatic N) is 1. The number of nitrogens with one attached hydrogen (secondary N) is 2. The maximum Gasteiger partial charge on any atom is 0.356 e. The van der Waals surface area contributed by atoms with Crippen LogP contribution in [-0.2, 0) is 14.8 Å². The molecule has 0 bridgehead atoms. The summed E-state index contributed by atoms with van der Waals surface area (Å²) in [5.41, 5.74) is 0.573. The molecule has 1 aromatic rings. The lowest BCUT2D eigenvalue weighted by Crippen LogP contribution is -2.45. The van der Waals surface area contributed by atoms with Crippen molar-refractivity contribution in [3.8, 4) is 0 Å². The molecule has 1 unspecified atom stereocenters. The Hall–Kier alpha value is -1.52. The Morgan fingerprint density at radius 2 is 2.00 bits per heavy atom. The molecule has 0 aliphatic heterocycles. The highest BCUT2D eigenvalue weighted by atomic mass is 32.2. The summed E-state index contributed by atoms with van der Waals surface area (Å²) in [4.78, 5) is 26.1. The predicted octanol–water partition coefficient (Wildman–Crippen LogP) is 0.280. The average Bonchev–Trinajstić information content (AvgIpc) is 2.85. The van der Waals surface area contributed by atoms with Crippen molar-refractivity contribution in [1.82, 2.24) is 15.0 Å². The quantitative estimate of drug-likeness (QED) is 0.657. The van der Waals surface area contributed by atoms with Crippen LogP contribution in [0.5, 0.6) is 0 Å². The van der Waals surface area contributed by atoms with Crippen molar-refractivity contribution in [2.24, 2.45) is 5.92 Å². The monoisotopic (exact) mass is 335 g/mol. The Morgan fingerprint density at radius 3 is 2.52 bits per heavy atom. The van der Waals surface area contributed by atoms with Crippen LogP contribution in [0, 0.1) is 5.92 Å². The number of aromatic nitrogens is 1. The summed E-state index contributed by atoms with van der Waals surface area (Å²) < 4.78 is 25.9. The van der Waals surface area contributed by atoms with E-state index < -0.39 is 37.8 Å². The molecule has 0 aromatic carbocycles. The van der Waals surface area contributed by atoms with Crippen molar-refractivity contribution >= 4 is 33.2 Å². The molecule has 0 fully saturated rings. The molecule has 0 aliphatic rings. The van der Waals surface area contributed by atoms with E-state index >= 15 is 0 Å². The van der Waals surface area contributed by atoms with Crippen LogP contribution in [0.3, 0.4) is 0 Å². The van der Waals surface area contributed by atoms with Crippen molar-refractivity contribution in [2.75, 3.05) is 6.54 Å². The van der Waals surface area contributed by atoms with Gasteiger partial charge in [-0.05, 0) is 12.8 Å². The van der Waals surface area contributed by atoms with Crippen LogP contribution in [0.15, 0.2) is 9.72 Å². The maximum atomic E-state index is 12.1. The number of hydrogen-bond acceptors (Lipinski definition) is 6. The van der Waals surface area contributed by atoms with E-state index in [1.165, 1.54) is 6.92 Å². The predicted molar refractivity (Wildman–Crippen MR) is 76.7 cm³/mol. The number of amides is 1. The molecule has 8 nitrogen and oxygen atoms in total. The molecular formula is C11H17N3O5S2. The first kappa shape index (κ1) is 17.5. The van der Waals surface area contributed by atoms with Gasteiger partial charge in [0.1, 0.15) is 0 Å². The molecule has 1 amide bonds. The van der Waals surface area contributed by atoms with Crippen molar-refractivity contribution < 1.29 is 23.1 Å². The first-order chi connectivity index (χ1) is 9.65. The summed E-state index contributed by atoms with van der Waals surface area (Å²) in [6.45, 7) is 5.62. The fraction of sp³-hybridized carbons (Fsp3) is 0.545. The van der Waals surface area contributed by atoms with Gasteiger partial charge in [-0.3, -0.25) is 4.79 Å². The highest BCUT2D eigenvalue weighted by molar-refractivity contribution is 7.91. The van der Waals surface area contributed by atoms with E-state index in [4.69, 9.17) is 5.11 Å². The first-order valence-corrected chi connectivity index (χ1v) is 8.48. The number of carboxylic acid groups (broad SMARTS) is 1. The number of hydrogen-bond donors (Lipinski definition) is 3. The largest absolute Gasteiger partial charge is 0.476 e. The number of thiazole rings is 1. The summed E-state index contributed by atoms with van der Waals surface area (Å²) in [5.74, 6) is -1.68. The van der Waals surface area contributed by atoms with Gasteiger partial charge in [0.2, 0.25) is 5.91 Å². The highest BCUT2D eigenvalue weighted by Gasteiger charge is 2.28. The molecule has 1 rings (SSSR count). The molecule has 1 atom stereocenters. The van der Waals surface area contributed by atoms with Gasteiger partial charge in [0.25, 0.3) is 10.0 Å². The summed E-state index contributed by atoms with van der Waals surface area (Å²) in [7, 11) is -4.11. The molecule has 0 saturated carbocycles. The topological polar surface area (TPSA) is 125 Å². The third-order valence-corrected chi connectivity index (χ3v) is 5.30. The average molecular weight is 335 g/mol. The van der Waals surface area contributed by atoms with Crippen LogP contribution < -0.4 is 10.0 Å². The summed E-state index contributed by atoms with van der Waals surface area (Å²) >= 11 is 0.683. The van der Waals surface area contributed by atoms with Gasteiger partial charge in [0.15, 0.2) is 9.90 Å². The van der Waals surface area contributed by atoms with Crippen molar-refractivity contribution in [1.29, 1.82) is 0 Å². The van der Waals surface area contributed by atoms with Crippen molar-refractivity contribution in [3.05, 3.63) is 11.2 Å². The lowest BCUT2D eigenvalue weighted by atomic mass is 10.2. The Morgan fingerprint density at radius 1 is 1.38 bits per heavy atom. The van der Waals surface area contributed by atoms with E-state index in [1.54, 1.807) is 0 Å². The molecule has 3 N–H and O–H groups in total. The third kappa shape index (κ3) is 4.76. The molecule has 0 spiro atoms. The van der Waals surface area contributed by atoms with Gasteiger partial charge in [-0.15, -0.1) is 11.3 Å². The Kier molecular flexibility index (Phi) is 5.81. The zero-order valence-corrected chi connectivity index (χ0v) is 13.4. The molecule has 1 heterocycles. The second-order valence-corrected chi connectivity index (χ2v) is 7.54. The molecule has 21 heavy (non-hydrogen) atoms. The van der Waals surface area contributed by atoms with Gasteiger partial charge >= 0.3 is 5.97 Å². The number of carboxylic acids is 1. The van der Waals surface area contributed by atoms with Crippen LogP contribution in [0.2, 0.25) is 0 Å². The number of aromatic carboxylic acids is 1. The summed E-state index contributed by atoms with van der Waals surface area (Å²) in [6.07, 6.45) is 0. The van der Waals surface area contributed by atoms with E-state index in [-0.39, 0.29) is 5.92 Å². The Bertz CT molecular complexity index is 624. The van der Waals surface area contributed by atoms with Crippen molar-refractivity contribution in [2.45, 2.75) is 31.0 Å². The fourth-order valence-electron chi connectivity index (χ4n) is 1.37. The van der Waals surface area contributed by atoms with Gasteiger partial charge < -0.3 is 10.4 Å². The summed E-state index contributed by atoms with van der Waals surface area (Å²) in [5, 5.41) is 11.5. The van der Waals surface area contributed by atoms with E-state index in [0.717, 1.165) is 5.51 Å². The smallest absolute Gasteiger partial charge is 0.356 e. The molecule has 1 aromatic heterocycles. The SMILES string of the molecule is CC(C)CNC(=O)C(C)NS(=O)(=O)c1scnc1C(=O)O. The summed E-state index contributed by atoms with van der Waals surface area (Å²) in [6, 6.07) is -1.02. The molecular weight excluding hydrogens is 318 g/mol. The van der Waals surface area contributed by atoms with E-state index in [1.807, 2.05) is 13.8 Å². The van der Waals surface area contributed by atoms with Crippen LogP contribution in [0.25, 0.3) is 0 Å². The standard InChI is InChI=1S/C11H17N3O5S2/c1-6(2)4-12-9(15)7(3)14-21(18,19)11-8(10(16)17)13-5-20-11/h5-7,14H,4H2,1-3H3,(H,12,15)(H,16,17). The minimum Gasteiger partial charge on any atom is -0.476 e. The van der Waals surface area contributed by atoms with Gasteiger partial charge in [0.05, 0.1) is 11.6 Å². The molecule has 118 valence electrons. The highest BCUT2D eigenvalue weighted by Crippen LogP contribution is 2.20. The van der Waals surface area contributed by atoms with Crippen LogP contribution in [-0.4, -0.2) is 43.0 Å². The minimum atomic E-state index is -4.11. The van der Waals surface area contributed by atoms with E-state index in [9.17, 15) is 18.0 Å². The Labute approximate surface area is 126 Å². The van der Waals surface area contributed by atoms with Gasteiger partial charge in [-0.2, -0.15) is 4.72 Å². The zero-order chi connectivity index (χ0) is 16.2. The number of carbonyl (C=O) groups is 2. The Balaban J connectivity index is 2.83. The second-order valence-electron chi connectivity index (χ2n) is 4.78. The fourth-order valence-corrected chi connectivity index (χ4v) is 3.73. The van der Waals surface area contributed by atoms with E-state index in [2.05, 4.69) is 15.0 Å². The van der Waals surface area contributed by atoms with Crippen LogP contribution in [0.4, 0.5) is 0 Å². The number of rotatable bonds is 7. The lowest BCUT2D eigenvalue weighted by molar-refractivity contribution is -0.122. The molecule has 0 aliphatic carbocycles. The van der Waals surface area contributed by atoms with Gasteiger partial charge in [-0.1, -0.05) is 13.8 Å². The van der Waals surface area contributed by atoms with Crippen LogP contribution in [0.1, 0.15) is 31.3 Å².